The molecule has 0 radical (unpaired) electrons. The summed E-state index contributed by atoms with van der Waals surface area (Å²) in [4.78, 5) is 12.0. The number of carbonyl (C=O) groups is 1. The second-order valence-electron chi connectivity index (χ2n) is 5.23. The molecule has 1 aromatic rings. The highest BCUT2D eigenvalue weighted by atomic mass is 16.4. The Morgan fingerprint density at radius 3 is 2.25 bits per heavy atom. The van der Waals surface area contributed by atoms with Crippen molar-refractivity contribution in [3.63, 3.8) is 0 Å². The lowest BCUT2D eigenvalue weighted by Gasteiger charge is -2.39. The number of aliphatic hydroxyl groups is 4. The van der Waals surface area contributed by atoms with E-state index in [0.29, 0.717) is 0 Å². The van der Waals surface area contributed by atoms with E-state index in [1.54, 1.807) is 0 Å². The molecule has 6 heteroatoms. The second kappa shape index (κ2) is 5.88. The first-order chi connectivity index (χ1) is 9.42. The molecule has 1 aliphatic carbocycles. The van der Waals surface area contributed by atoms with E-state index in [0.717, 1.165) is 5.56 Å². The van der Waals surface area contributed by atoms with Crippen molar-refractivity contribution in [2.24, 2.45) is 0 Å². The van der Waals surface area contributed by atoms with Gasteiger partial charge in [-0.15, -0.1) is 0 Å². The average Bonchev–Trinajstić information content (AvgIpc) is 2.43. The Balaban J connectivity index is 1.98. The van der Waals surface area contributed by atoms with Crippen molar-refractivity contribution in [3.05, 3.63) is 35.9 Å². The topological polar surface area (TPSA) is 110 Å². The van der Waals surface area contributed by atoms with Gasteiger partial charge in [0.2, 0.25) is 0 Å². The van der Waals surface area contributed by atoms with E-state index in [2.05, 4.69) is 5.32 Å². The van der Waals surface area contributed by atoms with Crippen LogP contribution in [0.5, 0.6) is 0 Å². The van der Waals surface area contributed by atoms with Crippen LogP contribution < -0.4 is 5.32 Å². The van der Waals surface area contributed by atoms with Crippen molar-refractivity contribution >= 4 is 5.91 Å². The fourth-order valence-corrected chi connectivity index (χ4v) is 2.40. The van der Waals surface area contributed by atoms with Gasteiger partial charge >= 0.3 is 0 Å². The van der Waals surface area contributed by atoms with Crippen LogP contribution in [-0.2, 0) is 11.3 Å². The number of aliphatic hydroxyl groups excluding tert-OH is 3. The first-order valence-electron chi connectivity index (χ1n) is 6.51. The lowest BCUT2D eigenvalue weighted by molar-refractivity contribution is -0.173. The van der Waals surface area contributed by atoms with Crippen LogP contribution in [0.15, 0.2) is 30.3 Å². The third-order valence-corrected chi connectivity index (χ3v) is 3.60. The number of hydrogen-bond donors (Lipinski definition) is 5. The maximum Gasteiger partial charge on any atom is 0.252 e. The normalized spacial score (nSPS) is 33.7. The summed E-state index contributed by atoms with van der Waals surface area (Å²) in [6.07, 6.45) is -4.59. The van der Waals surface area contributed by atoms with E-state index >= 15 is 0 Å². The van der Waals surface area contributed by atoms with Crippen LogP contribution in [0.4, 0.5) is 0 Å². The third-order valence-electron chi connectivity index (χ3n) is 3.60. The smallest absolute Gasteiger partial charge is 0.252 e. The van der Waals surface area contributed by atoms with Crippen LogP contribution >= 0.6 is 0 Å². The minimum atomic E-state index is -1.87. The maximum atomic E-state index is 12.0. The summed E-state index contributed by atoms with van der Waals surface area (Å²) in [7, 11) is 0. The summed E-state index contributed by atoms with van der Waals surface area (Å²) in [5.74, 6) is -0.661. The molecule has 110 valence electrons. The molecular formula is C14H19NO5. The van der Waals surface area contributed by atoms with Crippen molar-refractivity contribution in [2.75, 3.05) is 0 Å². The van der Waals surface area contributed by atoms with Crippen molar-refractivity contribution in [1.29, 1.82) is 0 Å². The van der Waals surface area contributed by atoms with Crippen molar-refractivity contribution in [1.82, 2.24) is 5.32 Å². The Hall–Kier alpha value is -1.47. The zero-order valence-corrected chi connectivity index (χ0v) is 10.9. The number of hydrogen-bond acceptors (Lipinski definition) is 5. The van der Waals surface area contributed by atoms with Gasteiger partial charge < -0.3 is 25.7 Å². The molecular weight excluding hydrogens is 262 g/mol. The number of rotatable bonds is 3. The number of amides is 1. The van der Waals surface area contributed by atoms with Gasteiger partial charge in [0.25, 0.3) is 5.91 Å². The lowest BCUT2D eigenvalue weighted by Crippen LogP contribution is -2.58. The molecule has 1 amide bonds. The SMILES string of the molecule is O=C(NCc1ccccc1)C1(O)C[C@@H](O)C(O)[C@H](O)C1. The highest BCUT2D eigenvalue weighted by Crippen LogP contribution is 2.29. The van der Waals surface area contributed by atoms with Crippen molar-refractivity contribution in [3.8, 4) is 0 Å². The second-order valence-corrected chi connectivity index (χ2v) is 5.23. The van der Waals surface area contributed by atoms with Gasteiger partial charge in [0.1, 0.15) is 11.7 Å². The summed E-state index contributed by atoms with van der Waals surface area (Å²) in [5.41, 5.74) is -0.992. The van der Waals surface area contributed by atoms with Crippen LogP contribution in [-0.4, -0.2) is 50.2 Å². The molecule has 2 atom stereocenters. The quantitative estimate of drug-likeness (QED) is 0.483. The van der Waals surface area contributed by atoms with Crippen LogP contribution in [0.3, 0.4) is 0 Å². The molecule has 0 spiro atoms. The third kappa shape index (κ3) is 3.16. The fraction of sp³-hybridized carbons (Fsp3) is 0.500. The fourth-order valence-electron chi connectivity index (χ4n) is 2.40. The van der Waals surface area contributed by atoms with Gasteiger partial charge in [-0.1, -0.05) is 30.3 Å². The summed E-state index contributed by atoms with van der Waals surface area (Å²) < 4.78 is 0. The van der Waals surface area contributed by atoms with E-state index in [1.807, 2.05) is 30.3 Å². The molecule has 5 N–H and O–H groups in total. The zero-order chi connectivity index (χ0) is 14.8. The number of carbonyl (C=O) groups excluding carboxylic acids is 1. The summed E-state index contributed by atoms with van der Waals surface area (Å²) >= 11 is 0. The molecule has 0 saturated heterocycles. The molecule has 20 heavy (non-hydrogen) atoms. The summed E-state index contributed by atoms with van der Waals surface area (Å²) in [5, 5.41) is 41.4. The molecule has 0 unspecified atom stereocenters. The molecule has 0 bridgehead atoms. The Morgan fingerprint density at radius 1 is 1.15 bits per heavy atom. The molecule has 1 aliphatic rings. The Labute approximate surface area is 116 Å². The average molecular weight is 281 g/mol. The molecule has 0 aliphatic heterocycles. The Morgan fingerprint density at radius 2 is 1.70 bits per heavy atom. The highest BCUT2D eigenvalue weighted by Gasteiger charge is 2.48. The predicted octanol–water partition coefficient (Wildman–Crippen LogP) is -1.09. The standard InChI is InChI=1S/C14H19NO5/c16-10-6-14(20,7-11(17)12(10)18)13(19)15-8-9-4-2-1-3-5-9/h1-5,10-12,16-18,20H,6-8H2,(H,15,19)/t10-,11-,12?,14?/m1/s1. The molecule has 2 rings (SSSR count). The molecule has 0 aromatic heterocycles. The van der Waals surface area contributed by atoms with E-state index in [-0.39, 0.29) is 19.4 Å². The molecule has 1 saturated carbocycles. The van der Waals surface area contributed by atoms with Gasteiger partial charge in [-0.2, -0.15) is 0 Å². The first kappa shape index (κ1) is 14.9. The monoisotopic (exact) mass is 281 g/mol. The van der Waals surface area contributed by atoms with Crippen LogP contribution in [0, 0.1) is 0 Å². The number of benzene rings is 1. The maximum absolute atomic E-state index is 12.0. The predicted molar refractivity (Wildman–Crippen MR) is 70.5 cm³/mol. The van der Waals surface area contributed by atoms with E-state index in [4.69, 9.17) is 0 Å². The van der Waals surface area contributed by atoms with Gasteiger partial charge in [-0.05, 0) is 5.56 Å². The molecule has 0 heterocycles. The van der Waals surface area contributed by atoms with Crippen LogP contribution in [0.1, 0.15) is 18.4 Å². The first-order valence-corrected chi connectivity index (χ1v) is 6.51. The van der Waals surface area contributed by atoms with E-state index in [9.17, 15) is 25.2 Å². The van der Waals surface area contributed by atoms with Crippen LogP contribution in [0.25, 0.3) is 0 Å². The molecule has 1 aromatic carbocycles. The van der Waals surface area contributed by atoms with Gasteiger partial charge in [0.15, 0.2) is 0 Å². The Bertz CT molecular complexity index is 452. The number of nitrogens with one attached hydrogen (secondary N) is 1. The van der Waals surface area contributed by atoms with Gasteiger partial charge in [-0.25, -0.2) is 0 Å². The Kier molecular flexibility index (Phi) is 4.39. The lowest BCUT2D eigenvalue weighted by atomic mass is 9.79. The van der Waals surface area contributed by atoms with Crippen molar-refractivity contribution in [2.45, 2.75) is 43.3 Å². The summed E-state index contributed by atoms with van der Waals surface area (Å²) in [6, 6.07) is 9.19. The van der Waals surface area contributed by atoms with Crippen LogP contribution in [0.2, 0.25) is 0 Å². The summed E-state index contributed by atoms with van der Waals surface area (Å²) in [6.45, 7) is 0.247. The van der Waals surface area contributed by atoms with E-state index in [1.165, 1.54) is 0 Å². The van der Waals surface area contributed by atoms with Gasteiger partial charge in [-0.3, -0.25) is 4.79 Å². The molecule has 6 nitrogen and oxygen atoms in total. The van der Waals surface area contributed by atoms with E-state index < -0.39 is 29.8 Å². The minimum Gasteiger partial charge on any atom is -0.390 e. The largest absolute Gasteiger partial charge is 0.390 e. The molecule has 1 fully saturated rings. The highest BCUT2D eigenvalue weighted by molar-refractivity contribution is 5.85. The zero-order valence-electron chi connectivity index (χ0n) is 10.9. The minimum absolute atomic E-state index is 0.247. The van der Waals surface area contributed by atoms with Gasteiger partial charge in [0, 0.05) is 19.4 Å². The van der Waals surface area contributed by atoms with Crippen molar-refractivity contribution < 1.29 is 25.2 Å². The van der Waals surface area contributed by atoms with Gasteiger partial charge in [0.05, 0.1) is 12.2 Å².